The average Bonchev–Trinajstić information content (AvgIpc) is 3.38. The van der Waals surface area contributed by atoms with Gasteiger partial charge in [-0.1, -0.05) is 220 Å². The fourth-order valence-corrected chi connectivity index (χ4v) is 10.1. The quantitative estimate of drug-likeness (QED) is 0.125. The van der Waals surface area contributed by atoms with Crippen molar-refractivity contribution in [1.29, 1.82) is 0 Å². The van der Waals surface area contributed by atoms with Gasteiger partial charge in [-0.3, -0.25) is 0 Å². The molecule has 9 aromatic rings. The smallest absolute Gasteiger partial charge is 0.0461 e. The van der Waals surface area contributed by atoms with Gasteiger partial charge in [-0.15, -0.1) is 0 Å². The van der Waals surface area contributed by atoms with Crippen LogP contribution in [0.15, 0.2) is 248 Å². The third kappa shape index (κ3) is 8.62. The monoisotopic (exact) mass is 861 g/mol. The van der Waals surface area contributed by atoms with Gasteiger partial charge in [0.25, 0.3) is 0 Å². The van der Waals surface area contributed by atoms with Gasteiger partial charge in [-0.05, 0) is 152 Å². The molecule has 0 aromatic heterocycles. The Bertz CT molecular complexity index is 3190. The Morgan fingerprint density at radius 2 is 0.836 bits per heavy atom. The van der Waals surface area contributed by atoms with Gasteiger partial charge in [0, 0.05) is 22.5 Å². The van der Waals surface area contributed by atoms with E-state index in [-0.39, 0.29) is 5.41 Å². The lowest BCUT2D eigenvalue weighted by atomic mass is 9.76. The van der Waals surface area contributed by atoms with Gasteiger partial charge in [0.05, 0.1) is 0 Å². The molecule has 0 amide bonds. The summed E-state index contributed by atoms with van der Waals surface area (Å²) in [5.74, 6) is 0.676. The highest BCUT2D eigenvalue weighted by atomic mass is 15.1. The van der Waals surface area contributed by atoms with Gasteiger partial charge in [0.1, 0.15) is 0 Å². The Labute approximate surface area is 397 Å². The standard InChI is InChI=1S/C66H55N/c1-47-20-21-58(46-65(47)64-19-10-9-18-63(64)57-16-11-17-57)56-34-40-61(41-35-56)67(60-38-32-55(33-39-60)53-28-24-51(25-29-53)49-14-7-4-8-15-49)62-42-44-66(2,45-43-62)59-36-30-54(31-37-59)52-26-22-50(23-27-52)48-12-5-3-6-13-48/h3-10,12-15,18-44,46,57H,11,16-17,45H2,1-2H3. The zero-order chi connectivity index (χ0) is 45.2. The van der Waals surface area contributed by atoms with Crippen LogP contribution in [0.4, 0.5) is 11.4 Å². The van der Waals surface area contributed by atoms with Crippen LogP contribution < -0.4 is 4.90 Å². The van der Waals surface area contributed by atoms with Crippen LogP contribution in [-0.2, 0) is 5.41 Å². The Morgan fingerprint density at radius 3 is 1.30 bits per heavy atom. The van der Waals surface area contributed by atoms with Crippen molar-refractivity contribution in [1.82, 2.24) is 0 Å². The molecule has 1 nitrogen and oxygen atoms in total. The topological polar surface area (TPSA) is 3.24 Å². The van der Waals surface area contributed by atoms with Crippen molar-refractivity contribution in [3.05, 3.63) is 265 Å². The lowest BCUT2D eigenvalue weighted by Gasteiger charge is -2.33. The largest absolute Gasteiger partial charge is 0.311 e. The normalized spacial score (nSPS) is 15.7. The third-order valence-electron chi connectivity index (χ3n) is 14.4. The zero-order valence-electron chi connectivity index (χ0n) is 38.4. The van der Waals surface area contributed by atoms with Crippen molar-refractivity contribution in [3.63, 3.8) is 0 Å². The lowest BCUT2D eigenvalue weighted by Crippen LogP contribution is -2.24. The minimum atomic E-state index is -0.134. The minimum absolute atomic E-state index is 0.134. The molecule has 2 aliphatic rings. The Kier molecular flexibility index (Phi) is 11.4. The molecule has 0 heterocycles. The molecule has 1 atom stereocenters. The first-order valence-corrected chi connectivity index (χ1v) is 24.0. The van der Waals surface area contributed by atoms with Gasteiger partial charge in [0.2, 0.25) is 0 Å². The predicted molar refractivity (Wildman–Crippen MR) is 285 cm³/mol. The van der Waals surface area contributed by atoms with E-state index in [1.165, 1.54) is 108 Å². The van der Waals surface area contributed by atoms with E-state index in [0.717, 1.165) is 17.8 Å². The first kappa shape index (κ1) is 41.9. The molecule has 0 radical (unpaired) electrons. The third-order valence-corrected chi connectivity index (χ3v) is 14.4. The van der Waals surface area contributed by atoms with Crippen LogP contribution in [0.2, 0.25) is 0 Å². The van der Waals surface area contributed by atoms with E-state index in [1.807, 2.05) is 0 Å². The van der Waals surface area contributed by atoms with Gasteiger partial charge in [0.15, 0.2) is 0 Å². The van der Waals surface area contributed by atoms with E-state index in [9.17, 15) is 0 Å². The van der Waals surface area contributed by atoms with Gasteiger partial charge >= 0.3 is 0 Å². The number of rotatable bonds is 11. The molecular formula is C66H55N. The van der Waals surface area contributed by atoms with Crippen molar-refractivity contribution in [2.45, 2.75) is 50.9 Å². The summed E-state index contributed by atoms with van der Waals surface area (Å²) in [7, 11) is 0. The van der Waals surface area contributed by atoms with E-state index in [0.29, 0.717) is 5.92 Å². The molecular weight excluding hydrogens is 807 g/mol. The second kappa shape index (κ2) is 18.3. The average molecular weight is 862 g/mol. The first-order valence-electron chi connectivity index (χ1n) is 24.0. The molecule has 0 bridgehead atoms. The van der Waals surface area contributed by atoms with Gasteiger partial charge in [-0.25, -0.2) is 0 Å². The highest BCUT2D eigenvalue weighted by Crippen LogP contribution is 2.44. The summed E-state index contributed by atoms with van der Waals surface area (Å²) in [4.78, 5) is 2.42. The fourth-order valence-electron chi connectivity index (χ4n) is 10.1. The lowest BCUT2D eigenvalue weighted by molar-refractivity contribution is 0.420. The molecule has 0 spiro atoms. The highest BCUT2D eigenvalue weighted by molar-refractivity contribution is 5.81. The van der Waals surface area contributed by atoms with Crippen molar-refractivity contribution < 1.29 is 0 Å². The summed E-state index contributed by atoms with van der Waals surface area (Å²) in [5.41, 5.74) is 22.4. The maximum atomic E-state index is 2.42. The van der Waals surface area contributed by atoms with Crippen molar-refractivity contribution in [2.24, 2.45) is 0 Å². The predicted octanol–water partition coefficient (Wildman–Crippen LogP) is 18.2. The van der Waals surface area contributed by atoms with Crippen LogP contribution in [-0.4, -0.2) is 0 Å². The Balaban J connectivity index is 0.881. The van der Waals surface area contributed by atoms with Crippen LogP contribution >= 0.6 is 0 Å². The molecule has 0 N–H and O–H groups in total. The summed E-state index contributed by atoms with van der Waals surface area (Å²) in [6, 6.07) is 82.5. The summed E-state index contributed by atoms with van der Waals surface area (Å²) in [6.07, 6.45) is 12.0. The second-order valence-corrected chi connectivity index (χ2v) is 18.7. The summed E-state index contributed by atoms with van der Waals surface area (Å²) in [5, 5.41) is 0. The number of anilines is 2. The van der Waals surface area contributed by atoms with E-state index in [1.54, 1.807) is 0 Å². The molecule has 11 rings (SSSR count). The summed E-state index contributed by atoms with van der Waals surface area (Å²) >= 11 is 0. The second-order valence-electron chi connectivity index (χ2n) is 18.7. The number of benzene rings is 9. The number of aryl methyl sites for hydroxylation is 1. The van der Waals surface area contributed by atoms with Crippen LogP contribution in [0.25, 0.3) is 66.8 Å². The van der Waals surface area contributed by atoms with Gasteiger partial charge < -0.3 is 4.90 Å². The highest BCUT2D eigenvalue weighted by Gasteiger charge is 2.28. The molecule has 9 aromatic carbocycles. The maximum Gasteiger partial charge on any atom is 0.0461 e. The number of allylic oxidation sites excluding steroid dienone is 3. The molecule has 0 aliphatic heterocycles. The SMILES string of the molecule is Cc1ccc(-c2ccc(N(C3=CCC(C)(c4ccc(-c5ccc(-c6ccccc6)cc5)cc4)C=C3)c3ccc(-c4ccc(-c5ccccc5)cc4)cc3)cc2)cc1-c1ccccc1C1CCC1. The van der Waals surface area contributed by atoms with Crippen LogP contribution in [0.5, 0.6) is 0 Å². The molecule has 1 fully saturated rings. The van der Waals surface area contributed by atoms with E-state index < -0.39 is 0 Å². The fraction of sp³-hybridized carbons (Fsp3) is 0.121. The first-order chi connectivity index (χ1) is 33.0. The zero-order valence-corrected chi connectivity index (χ0v) is 38.4. The molecule has 324 valence electrons. The molecule has 1 unspecified atom stereocenters. The number of hydrogen-bond acceptors (Lipinski definition) is 1. The molecule has 1 heteroatoms. The molecule has 0 saturated heterocycles. The summed E-state index contributed by atoms with van der Waals surface area (Å²) < 4.78 is 0. The Hall–Kier alpha value is -7.74. The summed E-state index contributed by atoms with van der Waals surface area (Å²) in [6.45, 7) is 4.61. The minimum Gasteiger partial charge on any atom is -0.311 e. The maximum absolute atomic E-state index is 2.42. The van der Waals surface area contributed by atoms with Crippen molar-refractivity contribution in [3.8, 4) is 66.8 Å². The van der Waals surface area contributed by atoms with Crippen molar-refractivity contribution in [2.75, 3.05) is 4.90 Å². The van der Waals surface area contributed by atoms with Crippen LogP contribution in [0.3, 0.4) is 0 Å². The van der Waals surface area contributed by atoms with Gasteiger partial charge in [-0.2, -0.15) is 0 Å². The number of nitrogens with zero attached hydrogens (tertiary/aromatic N) is 1. The molecule has 1 saturated carbocycles. The Morgan fingerprint density at radius 1 is 0.418 bits per heavy atom. The van der Waals surface area contributed by atoms with Crippen LogP contribution in [0.1, 0.15) is 55.2 Å². The number of hydrogen-bond donors (Lipinski definition) is 0. The van der Waals surface area contributed by atoms with E-state index >= 15 is 0 Å². The van der Waals surface area contributed by atoms with Crippen molar-refractivity contribution >= 4 is 11.4 Å². The molecule has 2 aliphatic carbocycles. The van der Waals surface area contributed by atoms with E-state index in [2.05, 4.69) is 261 Å². The van der Waals surface area contributed by atoms with E-state index in [4.69, 9.17) is 0 Å². The molecule has 67 heavy (non-hydrogen) atoms. The van der Waals surface area contributed by atoms with Crippen LogP contribution in [0, 0.1) is 6.92 Å².